The number of esters is 1. The van der Waals surface area contributed by atoms with Crippen LogP contribution in [0.4, 0.5) is 0 Å². The highest BCUT2D eigenvalue weighted by molar-refractivity contribution is 5.77. The van der Waals surface area contributed by atoms with Crippen LogP contribution >= 0.6 is 0 Å². The van der Waals surface area contributed by atoms with Gasteiger partial charge in [-0.2, -0.15) is 5.10 Å². The van der Waals surface area contributed by atoms with Crippen LogP contribution in [0.1, 0.15) is 29.2 Å². The molecule has 0 saturated heterocycles. The van der Waals surface area contributed by atoms with Crippen molar-refractivity contribution in [1.29, 1.82) is 0 Å². The molecular formula is C18H14N2O4. The first-order valence-corrected chi connectivity index (χ1v) is 7.57. The van der Waals surface area contributed by atoms with E-state index in [-0.39, 0.29) is 18.3 Å². The predicted octanol–water partition coefficient (Wildman–Crippen LogP) is 2.57. The average Bonchev–Trinajstić information content (AvgIpc) is 3.08. The summed E-state index contributed by atoms with van der Waals surface area (Å²) in [4.78, 5) is 24.2. The smallest absolute Gasteiger partial charge is 0.343 e. The van der Waals surface area contributed by atoms with E-state index in [0.717, 1.165) is 11.3 Å². The standard InChI is InChI=1S/C18H14N2O4/c1-11-9-15-17(18(22)23-11)14(10-16(21)24-15)12-3-5-13(6-4-12)20-8-2-7-19-20/h2-9,14H,10H2,1H3/t14-/m0/s1. The molecule has 6 nitrogen and oxygen atoms in total. The lowest BCUT2D eigenvalue weighted by Crippen LogP contribution is -2.26. The molecule has 0 fully saturated rings. The number of aromatic nitrogens is 2. The number of benzene rings is 1. The van der Waals surface area contributed by atoms with E-state index in [2.05, 4.69) is 5.10 Å². The zero-order valence-electron chi connectivity index (χ0n) is 12.9. The van der Waals surface area contributed by atoms with Crippen LogP contribution < -0.4 is 10.4 Å². The zero-order chi connectivity index (χ0) is 16.7. The van der Waals surface area contributed by atoms with E-state index in [4.69, 9.17) is 9.15 Å². The van der Waals surface area contributed by atoms with E-state index >= 15 is 0 Å². The number of rotatable bonds is 2. The minimum absolute atomic E-state index is 0.113. The predicted molar refractivity (Wildman–Crippen MR) is 85.4 cm³/mol. The van der Waals surface area contributed by atoms with Gasteiger partial charge in [0.05, 0.1) is 17.7 Å². The Hall–Kier alpha value is -3.15. The maximum absolute atomic E-state index is 12.3. The molecule has 6 heteroatoms. The Morgan fingerprint density at radius 1 is 1.21 bits per heavy atom. The summed E-state index contributed by atoms with van der Waals surface area (Å²) in [6.07, 6.45) is 3.66. The molecule has 0 saturated carbocycles. The van der Waals surface area contributed by atoms with Crippen LogP contribution in [-0.4, -0.2) is 15.7 Å². The van der Waals surface area contributed by atoms with Crippen molar-refractivity contribution in [3.05, 3.63) is 76.1 Å². The Labute approximate surface area is 137 Å². The molecule has 1 aliphatic heterocycles. The van der Waals surface area contributed by atoms with Crippen LogP contribution in [-0.2, 0) is 4.79 Å². The summed E-state index contributed by atoms with van der Waals surface area (Å²) in [5, 5.41) is 4.18. The molecule has 0 aliphatic carbocycles. The molecule has 0 unspecified atom stereocenters. The number of nitrogens with zero attached hydrogens (tertiary/aromatic N) is 2. The first-order valence-electron chi connectivity index (χ1n) is 7.57. The number of carbonyl (C=O) groups excluding carboxylic acids is 1. The van der Waals surface area contributed by atoms with Crippen molar-refractivity contribution in [3.8, 4) is 11.4 Å². The van der Waals surface area contributed by atoms with Crippen molar-refractivity contribution in [2.75, 3.05) is 0 Å². The second-order valence-electron chi connectivity index (χ2n) is 5.70. The average molecular weight is 322 g/mol. The lowest BCUT2D eigenvalue weighted by atomic mass is 9.87. The van der Waals surface area contributed by atoms with E-state index in [1.165, 1.54) is 0 Å². The molecule has 0 bridgehead atoms. The molecule has 0 radical (unpaired) electrons. The molecule has 0 spiro atoms. The van der Waals surface area contributed by atoms with E-state index < -0.39 is 5.63 Å². The lowest BCUT2D eigenvalue weighted by molar-refractivity contribution is -0.135. The van der Waals surface area contributed by atoms with Gasteiger partial charge in [0.1, 0.15) is 11.5 Å². The Balaban J connectivity index is 1.78. The van der Waals surface area contributed by atoms with Crippen LogP contribution in [0, 0.1) is 6.92 Å². The maximum atomic E-state index is 12.3. The summed E-state index contributed by atoms with van der Waals surface area (Å²) in [5.41, 5.74) is 1.70. The van der Waals surface area contributed by atoms with Crippen molar-refractivity contribution in [3.63, 3.8) is 0 Å². The Kier molecular flexibility index (Phi) is 3.30. The molecule has 3 heterocycles. The van der Waals surface area contributed by atoms with Crippen LogP contribution in [0.5, 0.6) is 5.75 Å². The van der Waals surface area contributed by atoms with Crippen LogP contribution in [0.25, 0.3) is 5.69 Å². The number of fused-ring (bicyclic) bond motifs is 1. The fraction of sp³-hybridized carbons (Fsp3) is 0.167. The fourth-order valence-electron chi connectivity index (χ4n) is 2.99. The molecule has 0 amide bonds. The van der Waals surface area contributed by atoms with Gasteiger partial charge < -0.3 is 9.15 Å². The van der Waals surface area contributed by atoms with Gasteiger partial charge in [0.15, 0.2) is 0 Å². The molecule has 120 valence electrons. The minimum Gasteiger partial charge on any atom is -0.428 e. The first kappa shape index (κ1) is 14.4. The SMILES string of the molecule is Cc1cc2c(c(=O)o1)[C@H](c1ccc(-n3cccn3)cc1)CC(=O)O2. The van der Waals surface area contributed by atoms with Crippen LogP contribution in [0.15, 0.2) is 58.0 Å². The van der Waals surface area contributed by atoms with Crippen LogP contribution in [0.3, 0.4) is 0 Å². The summed E-state index contributed by atoms with van der Waals surface area (Å²) < 4.78 is 12.1. The molecule has 4 rings (SSSR count). The molecule has 24 heavy (non-hydrogen) atoms. The highest BCUT2D eigenvalue weighted by atomic mass is 16.5. The van der Waals surface area contributed by atoms with Crippen LogP contribution in [0.2, 0.25) is 0 Å². The van der Waals surface area contributed by atoms with Gasteiger partial charge in [-0.1, -0.05) is 12.1 Å². The van der Waals surface area contributed by atoms with Gasteiger partial charge in [0, 0.05) is 24.4 Å². The Morgan fingerprint density at radius 3 is 2.71 bits per heavy atom. The highest BCUT2D eigenvalue weighted by Gasteiger charge is 2.32. The number of aryl methyl sites for hydroxylation is 1. The molecular weight excluding hydrogens is 308 g/mol. The fourth-order valence-corrected chi connectivity index (χ4v) is 2.99. The summed E-state index contributed by atoms with van der Waals surface area (Å²) in [7, 11) is 0. The summed E-state index contributed by atoms with van der Waals surface area (Å²) in [6.45, 7) is 1.65. The number of ether oxygens (including phenoxy) is 1. The van der Waals surface area contributed by atoms with Gasteiger partial charge in [-0.15, -0.1) is 0 Å². The van der Waals surface area contributed by atoms with E-state index in [1.54, 1.807) is 23.9 Å². The third-order valence-corrected chi connectivity index (χ3v) is 4.08. The second-order valence-corrected chi connectivity index (χ2v) is 5.70. The zero-order valence-corrected chi connectivity index (χ0v) is 12.9. The third kappa shape index (κ3) is 2.42. The van der Waals surface area contributed by atoms with E-state index in [0.29, 0.717) is 17.1 Å². The minimum atomic E-state index is -0.460. The molecule has 1 atom stereocenters. The Bertz CT molecular complexity index is 956. The van der Waals surface area contributed by atoms with Gasteiger partial charge in [0.2, 0.25) is 0 Å². The monoisotopic (exact) mass is 322 g/mol. The first-order chi connectivity index (χ1) is 11.6. The maximum Gasteiger partial charge on any atom is 0.343 e. The summed E-state index contributed by atoms with van der Waals surface area (Å²) >= 11 is 0. The molecule has 2 aromatic heterocycles. The van der Waals surface area contributed by atoms with Gasteiger partial charge >= 0.3 is 11.6 Å². The van der Waals surface area contributed by atoms with Gasteiger partial charge in [-0.3, -0.25) is 4.79 Å². The Morgan fingerprint density at radius 2 is 2.00 bits per heavy atom. The van der Waals surface area contributed by atoms with E-state index in [9.17, 15) is 9.59 Å². The number of carbonyl (C=O) groups is 1. The quantitative estimate of drug-likeness (QED) is 0.678. The van der Waals surface area contributed by atoms with E-state index in [1.807, 2.05) is 36.5 Å². The summed E-state index contributed by atoms with van der Waals surface area (Å²) in [5.74, 6) is -0.0131. The number of hydrogen-bond acceptors (Lipinski definition) is 5. The van der Waals surface area contributed by atoms with Crippen molar-refractivity contribution < 1.29 is 13.9 Å². The number of hydrogen-bond donors (Lipinski definition) is 0. The van der Waals surface area contributed by atoms with Crippen molar-refractivity contribution in [1.82, 2.24) is 9.78 Å². The van der Waals surface area contributed by atoms with Gasteiger partial charge in [-0.25, -0.2) is 9.48 Å². The summed E-state index contributed by atoms with van der Waals surface area (Å²) in [6, 6.07) is 11.0. The highest BCUT2D eigenvalue weighted by Crippen LogP contribution is 2.37. The van der Waals surface area contributed by atoms with Gasteiger partial charge in [0.25, 0.3) is 0 Å². The molecule has 0 N–H and O–H groups in total. The topological polar surface area (TPSA) is 74.3 Å². The lowest BCUT2D eigenvalue weighted by Gasteiger charge is -2.23. The third-order valence-electron chi connectivity index (χ3n) is 4.08. The van der Waals surface area contributed by atoms with Crippen molar-refractivity contribution in [2.24, 2.45) is 0 Å². The van der Waals surface area contributed by atoms with Crippen molar-refractivity contribution >= 4 is 5.97 Å². The molecule has 1 aliphatic rings. The molecule has 3 aromatic rings. The normalized spacial score (nSPS) is 16.5. The molecule has 1 aromatic carbocycles. The second kappa shape index (κ2) is 5.49. The van der Waals surface area contributed by atoms with Crippen molar-refractivity contribution in [2.45, 2.75) is 19.3 Å². The van der Waals surface area contributed by atoms with Gasteiger partial charge in [-0.05, 0) is 30.7 Å². The largest absolute Gasteiger partial charge is 0.428 e.